The maximum absolute atomic E-state index is 12.8. The van der Waals surface area contributed by atoms with Gasteiger partial charge in [-0.3, -0.25) is 19.6 Å². The van der Waals surface area contributed by atoms with Crippen molar-refractivity contribution in [2.24, 2.45) is 5.73 Å². The molecular formula is C20H27N6O2. The molecule has 1 unspecified atom stereocenters. The Kier molecular flexibility index (Phi) is 5.59. The third kappa shape index (κ3) is 4.02. The highest BCUT2D eigenvalue weighted by atomic mass is 16.2. The Hall–Kier alpha value is -2.45. The predicted molar refractivity (Wildman–Crippen MR) is 106 cm³/mol. The molecular weight excluding hydrogens is 356 g/mol. The molecule has 0 spiro atoms. The van der Waals surface area contributed by atoms with E-state index in [-0.39, 0.29) is 5.91 Å². The molecule has 3 heterocycles. The molecule has 1 aromatic carbocycles. The summed E-state index contributed by atoms with van der Waals surface area (Å²) in [7, 11) is 0. The summed E-state index contributed by atoms with van der Waals surface area (Å²) in [4.78, 5) is 29.1. The second kappa shape index (κ2) is 8.28. The molecule has 0 saturated carbocycles. The van der Waals surface area contributed by atoms with Crippen molar-refractivity contribution in [3.8, 4) is 0 Å². The number of hydrogen-bond donors (Lipinski definition) is 3. The normalized spacial score (nSPS) is 20.4. The van der Waals surface area contributed by atoms with Crippen molar-refractivity contribution in [1.29, 1.82) is 0 Å². The molecule has 1 aromatic heterocycles. The molecule has 8 heteroatoms. The van der Waals surface area contributed by atoms with Crippen LogP contribution in [-0.4, -0.2) is 77.1 Å². The van der Waals surface area contributed by atoms with Gasteiger partial charge in [-0.25, -0.2) is 0 Å². The monoisotopic (exact) mass is 383 g/mol. The number of H-pyrrole nitrogens is 1. The van der Waals surface area contributed by atoms with Crippen LogP contribution in [0, 0.1) is 6.42 Å². The van der Waals surface area contributed by atoms with Crippen LogP contribution in [0.15, 0.2) is 24.4 Å². The third-order valence-corrected chi connectivity index (χ3v) is 5.89. The van der Waals surface area contributed by atoms with Crippen LogP contribution in [0.25, 0.3) is 10.9 Å². The Labute approximate surface area is 164 Å². The number of nitrogens with one attached hydrogen (secondary N) is 2. The topological polar surface area (TPSA) is 107 Å². The van der Waals surface area contributed by atoms with E-state index in [4.69, 9.17) is 5.73 Å². The first-order valence-corrected chi connectivity index (χ1v) is 9.93. The van der Waals surface area contributed by atoms with Crippen LogP contribution in [0.1, 0.15) is 24.3 Å². The molecule has 0 bridgehead atoms. The van der Waals surface area contributed by atoms with Crippen molar-refractivity contribution in [3.63, 3.8) is 0 Å². The van der Waals surface area contributed by atoms with Gasteiger partial charge in [-0.2, -0.15) is 5.10 Å². The van der Waals surface area contributed by atoms with Crippen LogP contribution in [0.4, 0.5) is 0 Å². The number of rotatable bonds is 5. The highest BCUT2D eigenvalue weighted by Gasteiger charge is 2.30. The van der Waals surface area contributed by atoms with Gasteiger partial charge in [-0.05, 0) is 43.6 Å². The smallest absolute Gasteiger partial charge is 0.227 e. The fraction of sp³-hybridized carbons (Fsp3) is 0.500. The Morgan fingerprint density at radius 1 is 1.18 bits per heavy atom. The molecule has 2 aliphatic rings. The quantitative estimate of drug-likeness (QED) is 0.685. The van der Waals surface area contributed by atoms with Gasteiger partial charge < -0.3 is 16.0 Å². The first-order valence-electron chi connectivity index (χ1n) is 9.93. The fourth-order valence-corrected chi connectivity index (χ4v) is 4.22. The molecule has 149 valence electrons. The number of hydrogen-bond acceptors (Lipinski definition) is 5. The van der Waals surface area contributed by atoms with Crippen molar-refractivity contribution >= 4 is 22.7 Å². The van der Waals surface area contributed by atoms with Crippen molar-refractivity contribution in [2.75, 3.05) is 39.3 Å². The lowest BCUT2D eigenvalue weighted by atomic mass is 9.93. The van der Waals surface area contributed by atoms with Crippen molar-refractivity contribution in [3.05, 3.63) is 36.4 Å². The molecule has 2 aliphatic heterocycles. The van der Waals surface area contributed by atoms with E-state index >= 15 is 0 Å². The number of benzene rings is 1. The molecule has 8 nitrogen and oxygen atoms in total. The van der Waals surface area contributed by atoms with Gasteiger partial charge in [-0.1, -0.05) is 6.07 Å². The number of nitrogens with zero attached hydrogens (tertiary/aromatic N) is 3. The fourth-order valence-electron chi connectivity index (χ4n) is 4.22. The summed E-state index contributed by atoms with van der Waals surface area (Å²) in [5.74, 6) is -1.39. The summed E-state index contributed by atoms with van der Waals surface area (Å²) in [5, 5.41) is 11.2. The largest absolute Gasteiger partial charge is 0.369 e. The number of carbonyl (C=O) groups excluding carboxylic acids is 2. The number of primary amides is 1. The molecule has 2 fully saturated rings. The van der Waals surface area contributed by atoms with Crippen LogP contribution in [0.5, 0.6) is 0 Å². The third-order valence-electron chi connectivity index (χ3n) is 5.89. The minimum absolute atomic E-state index is 0.124. The van der Waals surface area contributed by atoms with Crippen LogP contribution < -0.4 is 11.1 Å². The summed E-state index contributed by atoms with van der Waals surface area (Å²) in [6.07, 6.45) is 5.49. The summed E-state index contributed by atoms with van der Waals surface area (Å²) in [6, 6.07) is 6.13. The summed E-state index contributed by atoms with van der Waals surface area (Å²) < 4.78 is 0. The van der Waals surface area contributed by atoms with Crippen LogP contribution in [-0.2, 0) is 9.59 Å². The van der Waals surface area contributed by atoms with Crippen LogP contribution in [0.3, 0.4) is 0 Å². The van der Waals surface area contributed by atoms with E-state index in [0.717, 1.165) is 37.1 Å². The molecule has 4 N–H and O–H groups in total. The predicted octanol–water partition coefficient (Wildman–Crippen LogP) is 0.232. The Balaban J connectivity index is 1.37. The van der Waals surface area contributed by atoms with Gasteiger partial charge in [0.25, 0.3) is 0 Å². The first kappa shape index (κ1) is 18.9. The average Bonchev–Trinajstić information content (AvgIpc) is 3.20. The molecule has 2 aromatic rings. The molecule has 2 saturated heterocycles. The Morgan fingerprint density at radius 3 is 2.64 bits per heavy atom. The van der Waals surface area contributed by atoms with Gasteiger partial charge in [-0.15, -0.1) is 0 Å². The van der Waals surface area contributed by atoms with E-state index in [1.54, 1.807) is 6.20 Å². The number of nitrogens with two attached hydrogens (primary N) is 1. The van der Waals surface area contributed by atoms with Gasteiger partial charge in [0.2, 0.25) is 11.8 Å². The number of aromatic amines is 1. The van der Waals surface area contributed by atoms with E-state index in [0.29, 0.717) is 24.7 Å². The lowest BCUT2D eigenvalue weighted by Gasteiger charge is -2.41. The maximum atomic E-state index is 12.8. The molecule has 1 radical (unpaired) electrons. The number of piperazine rings is 1. The van der Waals surface area contributed by atoms with Gasteiger partial charge >= 0.3 is 0 Å². The van der Waals surface area contributed by atoms with Gasteiger partial charge in [0.1, 0.15) is 0 Å². The number of aromatic nitrogens is 2. The van der Waals surface area contributed by atoms with E-state index in [1.165, 1.54) is 19.3 Å². The minimum atomic E-state index is -0.741. The van der Waals surface area contributed by atoms with Gasteiger partial charge in [0.15, 0.2) is 0 Å². The zero-order valence-corrected chi connectivity index (χ0v) is 15.9. The summed E-state index contributed by atoms with van der Waals surface area (Å²) in [6.45, 7) is 5.27. The van der Waals surface area contributed by atoms with Crippen molar-refractivity contribution in [1.82, 2.24) is 25.3 Å². The number of fused-ring (bicyclic) bond motifs is 1. The number of piperidine rings is 1. The second-order valence-corrected chi connectivity index (χ2v) is 7.61. The summed E-state index contributed by atoms with van der Waals surface area (Å²) >= 11 is 0. The summed E-state index contributed by atoms with van der Waals surface area (Å²) in [5.41, 5.74) is 7.20. The first-order chi connectivity index (χ1) is 13.6. The van der Waals surface area contributed by atoms with Gasteiger partial charge in [0.05, 0.1) is 24.1 Å². The standard InChI is InChI=1S/C20H27N6O2/c21-20(28)17(14-1-2-18-15(11-14)13-23-24-18)12-19(27)26-9-7-25(8-10-26)16-3-5-22-6-4-16/h1-2,11-13,16-17,22H,3-10H2,(H2,21,28)(H,23,24). The van der Waals surface area contributed by atoms with Crippen molar-refractivity contribution < 1.29 is 9.59 Å². The number of carbonyl (C=O) groups is 2. The lowest BCUT2D eigenvalue weighted by molar-refractivity contribution is -0.131. The lowest BCUT2D eigenvalue weighted by Crippen LogP contribution is -2.54. The van der Waals surface area contributed by atoms with Crippen LogP contribution >= 0.6 is 0 Å². The maximum Gasteiger partial charge on any atom is 0.227 e. The highest BCUT2D eigenvalue weighted by molar-refractivity contribution is 5.96. The SMILES string of the molecule is NC(=O)C([CH]C(=O)N1CCN(C2CCNCC2)CC1)c1ccc2[nH]ncc2c1. The zero-order chi connectivity index (χ0) is 19.5. The van der Waals surface area contributed by atoms with E-state index < -0.39 is 11.8 Å². The Bertz CT molecular complexity index is 836. The van der Waals surface area contributed by atoms with Crippen molar-refractivity contribution in [2.45, 2.75) is 24.8 Å². The van der Waals surface area contributed by atoms with E-state index in [1.807, 2.05) is 23.1 Å². The average molecular weight is 383 g/mol. The number of amides is 2. The van der Waals surface area contributed by atoms with E-state index in [9.17, 15) is 9.59 Å². The molecule has 2 amide bonds. The van der Waals surface area contributed by atoms with Gasteiger partial charge in [0, 0.05) is 37.6 Å². The molecule has 28 heavy (non-hydrogen) atoms. The Morgan fingerprint density at radius 2 is 1.93 bits per heavy atom. The zero-order valence-electron chi connectivity index (χ0n) is 15.9. The molecule has 1 atom stereocenters. The minimum Gasteiger partial charge on any atom is -0.369 e. The molecule has 0 aliphatic carbocycles. The highest BCUT2D eigenvalue weighted by Crippen LogP contribution is 2.24. The second-order valence-electron chi connectivity index (χ2n) is 7.61. The van der Waals surface area contributed by atoms with E-state index in [2.05, 4.69) is 20.4 Å². The van der Waals surface area contributed by atoms with Crippen LogP contribution in [0.2, 0.25) is 0 Å². The molecule has 4 rings (SSSR count).